The number of benzene rings is 1. The Morgan fingerprint density at radius 1 is 1.43 bits per heavy atom. The van der Waals surface area contributed by atoms with E-state index in [1.54, 1.807) is 11.4 Å². The molecule has 6 nitrogen and oxygen atoms in total. The fourth-order valence-corrected chi connectivity index (χ4v) is 1.63. The van der Waals surface area contributed by atoms with Crippen LogP contribution in [0.25, 0.3) is 0 Å². The number of methoxy groups -OCH3 is 1. The highest BCUT2D eigenvalue weighted by Gasteiger charge is 2.38. The number of nitro groups is 1. The molecule has 0 aliphatic rings. The van der Waals surface area contributed by atoms with Gasteiger partial charge in [-0.25, -0.2) is 0 Å². The van der Waals surface area contributed by atoms with Crippen molar-refractivity contribution in [3.63, 3.8) is 0 Å². The molecule has 0 fully saturated rings. The molecule has 0 aliphatic carbocycles. The molecule has 0 aromatic heterocycles. The molecule has 0 unspecified atom stereocenters. The second-order valence-electron chi connectivity index (χ2n) is 4.12. The summed E-state index contributed by atoms with van der Waals surface area (Å²) in [6.07, 6.45) is -4.38. The van der Waals surface area contributed by atoms with Gasteiger partial charge >= 0.3 is 17.8 Å². The number of nitrogens with one attached hydrogen (secondary N) is 1. The molecule has 0 spiro atoms. The van der Waals surface area contributed by atoms with Gasteiger partial charge in [0, 0.05) is 12.6 Å². The predicted octanol–water partition coefficient (Wildman–Crippen LogP) is 2.21. The Kier molecular flexibility index (Phi) is 5.51. The molecular formula is C12H13F3N2O4. The summed E-state index contributed by atoms with van der Waals surface area (Å²) in [5.74, 6) is -1.89. The first kappa shape index (κ1) is 16.7. The van der Waals surface area contributed by atoms with Gasteiger partial charge < -0.3 is 10.1 Å². The Hall–Kier alpha value is -2.32. The standard InChI is InChI=1S/C12H13F3N2O4/c1-21-10-5-4-8(7-9(10)17(19)20)3-2-6-16-11(18)12(13,14)15/h4-5,7H,2-3,6H2,1H3,(H,16,18). The van der Waals surface area contributed by atoms with Crippen molar-refractivity contribution in [2.75, 3.05) is 13.7 Å². The number of aryl methyl sites for hydroxylation is 1. The van der Waals surface area contributed by atoms with Crippen LogP contribution in [-0.2, 0) is 11.2 Å². The normalized spacial score (nSPS) is 11.0. The third-order valence-corrected chi connectivity index (χ3v) is 2.63. The number of nitro benzene ring substituents is 1. The lowest BCUT2D eigenvalue weighted by Gasteiger charge is -2.08. The zero-order chi connectivity index (χ0) is 16.0. The third kappa shape index (κ3) is 4.93. The highest BCUT2D eigenvalue weighted by atomic mass is 19.4. The summed E-state index contributed by atoms with van der Waals surface area (Å²) in [4.78, 5) is 20.8. The van der Waals surface area contributed by atoms with Crippen LogP contribution in [0.1, 0.15) is 12.0 Å². The van der Waals surface area contributed by atoms with Gasteiger partial charge in [0.1, 0.15) is 0 Å². The number of ether oxygens (including phenoxy) is 1. The van der Waals surface area contributed by atoms with Crippen LogP contribution in [0.4, 0.5) is 18.9 Å². The number of hydrogen-bond donors (Lipinski definition) is 1. The summed E-state index contributed by atoms with van der Waals surface area (Å²) in [6, 6.07) is 4.30. The summed E-state index contributed by atoms with van der Waals surface area (Å²) in [5, 5.41) is 12.5. The van der Waals surface area contributed by atoms with Gasteiger partial charge in [-0.15, -0.1) is 0 Å². The summed E-state index contributed by atoms with van der Waals surface area (Å²) >= 11 is 0. The van der Waals surface area contributed by atoms with Crippen LogP contribution >= 0.6 is 0 Å². The van der Waals surface area contributed by atoms with Crippen LogP contribution in [0.15, 0.2) is 18.2 Å². The number of alkyl halides is 3. The van der Waals surface area contributed by atoms with Gasteiger partial charge in [0.2, 0.25) is 0 Å². The topological polar surface area (TPSA) is 81.5 Å². The number of amides is 1. The average Bonchev–Trinajstić information content (AvgIpc) is 2.41. The van der Waals surface area contributed by atoms with Crippen LogP contribution < -0.4 is 10.1 Å². The minimum absolute atomic E-state index is 0.106. The number of nitrogens with zero attached hydrogens (tertiary/aromatic N) is 1. The van der Waals surface area contributed by atoms with Crippen molar-refractivity contribution >= 4 is 11.6 Å². The van der Waals surface area contributed by atoms with Crippen LogP contribution in [0, 0.1) is 10.1 Å². The lowest BCUT2D eigenvalue weighted by molar-refractivity contribution is -0.385. The molecule has 1 rings (SSSR count). The smallest absolute Gasteiger partial charge is 0.471 e. The summed E-state index contributed by atoms with van der Waals surface area (Å²) < 4.78 is 40.6. The lowest BCUT2D eigenvalue weighted by Crippen LogP contribution is -2.37. The molecule has 1 aromatic rings. The van der Waals surface area contributed by atoms with Crippen LogP contribution in [-0.4, -0.2) is 30.7 Å². The van der Waals surface area contributed by atoms with E-state index in [4.69, 9.17) is 4.74 Å². The van der Waals surface area contributed by atoms with E-state index in [1.165, 1.54) is 19.2 Å². The summed E-state index contributed by atoms with van der Waals surface area (Å²) in [6.45, 7) is -0.168. The first-order valence-electron chi connectivity index (χ1n) is 5.92. The van der Waals surface area contributed by atoms with Crippen molar-refractivity contribution in [2.24, 2.45) is 0 Å². The maximum atomic E-state index is 11.9. The zero-order valence-corrected chi connectivity index (χ0v) is 11.1. The molecule has 0 aliphatic heterocycles. The molecule has 1 amide bonds. The first-order chi connectivity index (χ1) is 9.75. The third-order valence-electron chi connectivity index (χ3n) is 2.63. The van der Waals surface area contributed by atoms with Crippen molar-refractivity contribution < 1.29 is 27.6 Å². The largest absolute Gasteiger partial charge is 0.490 e. The molecule has 0 saturated heterocycles. The van der Waals surface area contributed by atoms with Crippen molar-refractivity contribution in [3.05, 3.63) is 33.9 Å². The molecule has 9 heteroatoms. The summed E-state index contributed by atoms with van der Waals surface area (Å²) in [7, 11) is 1.30. The molecule has 1 N–H and O–H groups in total. The van der Waals surface area contributed by atoms with E-state index in [9.17, 15) is 28.1 Å². The molecule has 0 radical (unpaired) electrons. The van der Waals surface area contributed by atoms with E-state index in [2.05, 4.69) is 0 Å². The number of halogens is 3. The number of rotatable bonds is 6. The van der Waals surface area contributed by atoms with Gasteiger partial charge in [-0.05, 0) is 24.5 Å². The highest BCUT2D eigenvalue weighted by molar-refractivity contribution is 5.81. The van der Waals surface area contributed by atoms with Gasteiger partial charge in [-0.3, -0.25) is 14.9 Å². The van der Waals surface area contributed by atoms with Crippen molar-refractivity contribution in [2.45, 2.75) is 19.0 Å². The minimum Gasteiger partial charge on any atom is -0.490 e. The quantitative estimate of drug-likeness (QED) is 0.496. The Labute approximate surface area is 118 Å². The molecule has 1 aromatic carbocycles. The van der Waals surface area contributed by atoms with E-state index in [1.807, 2.05) is 0 Å². The van der Waals surface area contributed by atoms with Gasteiger partial charge in [0.05, 0.1) is 12.0 Å². The Bertz CT molecular complexity index is 532. The van der Waals surface area contributed by atoms with Crippen LogP contribution in [0.5, 0.6) is 5.75 Å². The summed E-state index contributed by atoms with van der Waals surface area (Å²) in [5.41, 5.74) is 0.359. The Balaban J connectivity index is 2.55. The maximum Gasteiger partial charge on any atom is 0.471 e. The number of hydrogen-bond acceptors (Lipinski definition) is 4. The van der Waals surface area contributed by atoms with E-state index in [0.29, 0.717) is 12.0 Å². The Morgan fingerprint density at radius 2 is 2.10 bits per heavy atom. The predicted molar refractivity (Wildman–Crippen MR) is 67.0 cm³/mol. The SMILES string of the molecule is COc1ccc(CCCNC(=O)C(F)(F)F)cc1[N+](=O)[O-]. The molecule has 0 atom stereocenters. The van der Waals surface area contributed by atoms with E-state index in [0.717, 1.165) is 0 Å². The monoisotopic (exact) mass is 306 g/mol. The fraction of sp³-hybridized carbons (Fsp3) is 0.417. The molecular weight excluding hydrogens is 293 g/mol. The lowest BCUT2D eigenvalue weighted by atomic mass is 10.1. The van der Waals surface area contributed by atoms with E-state index in [-0.39, 0.29) is 24.4 Å². The van der Waals surface area contributed by atoms with Gasteiger partial charge in [-0.1, -0.05) is 6.07 Å². The van der Waals surface area contributed by atoms with E-state index < -0.39 is 17.0 Å². The molecule has 0 heterocycles. The molecule has 0 saturated carbocycles. The second kappa shape index (κ2) is 6.91. The average molecular weight is 306 g/mol. The molecule has 0 bridgehead atoms. The molecule has 116 valence electrons. The Morgan fingerprint density at radius 3 is 2.62 bits per heavy atom. The zero-order valence-electron chi connectivity index (χ0n) is 11.1. The van der Waals surface area contributed by atoms with Gasteiger partial charge in [0.15, 0.2) is 5.75 Å². The maximum absolute atomic E-state index is 11.9. The minimum atomic E-state index is -4.90. The second-order valence-corrected chi connectivity index (χ2v) is 4.12. The van der Waals surface area contributed by atoms with Gasteiger partial charge in [0.25, 0.3) is 0 Å². The molecule has 21 heavy (non-hydrogen) atoms. The highest BCUT2D eigenvalue weighted by Crippen LogP contribution is 2.27. The van der Waals surface area contributed by atoms with E-state index >= 15 is 0 Å². The van der Waals surface area contributed by atoms with Crippen LogP contribution in [0.2, 0.25) is 0 Å². The number of carbonyl (C=O) groups is 1. The van der Waals surface area contributed by atoms with Crippen molar-refractivity contribution in [1.82, 2.24) is 5.32 Å². The van der Waals surface area contributed by atoms with Crippen molar-refractivity contribution in [1.29, 1.82) is 0 Å². The first-order valence-corrected chi connectivity index (χ1v) is 5.92. The fourth-order valence-electron chi connectivity index (χ4n) is 1.63. The van der Waals surface area contributed by atoms with Crippen molar-refractivity contribution in [3.8, 4) is 5.75 Å². The van der Waals surface area contributed by atoms with Crippen LogP contribution in [0.3, 0.4) is 0 Å². The number of carbonyl (C=O) groups excluding carboxylic acids is 1. The van der Waals surface area contributed by atoms with Gasteiger partial charge in [-0.2, -0.15) is 13.2 Å².